The fraction of sp³-hybridized carbons (Fsp3) is 0.714. The minimum Gasteiger partial charge on any atom is -0.461 e. The molecule has 110 valence electrons. The van der Waals surface area contributed by atoms with Gasteiger partial charge in [0.25, 0.3) is 0 Å². The van der Waals surface area contributed by atoms with Crippen LogP contribution < -0.4 is 0 Å². The number of carbonyl (C=O) groups is 1. The third-order valence-corrected chi connectivity index (χ3v) is 4.82. The van der Waals surface area contributed by atoms with E-state index in [2.05, 4.69) is 10.00 Å². The van der Waals surface area contributed by atoms with Crippen LogP contribution in [0.25, 0.3) is 0 Å². The van der Waals surface area contributed by atoms with Gasteiger partial charge in [-0.15, -0.1) is 0 Å². The Morgan fingerprint density at radius 3 is 2.70 bits per heavy atom. The van der Waals surface area contributed by atoms with E-state index >= 15 is 0 Å². The normalized spacial score (nSPS) is 31.0. The lowest BCUT2D eigenvalue weighted by atomic mass is 10.0. The summed E-state index contributed by atoms with van der Waals surface area (Å²) >= 11 is 6.39. The van der Waals surface area contributed by atoms with Crippen LogP contribution in [0, 0.1) is 6.92 Å². The van der Waals surface area contributed by atoms with Gasteiger partial charge in [0.1, 0.15) is 17.3 Å². The highest BCUT2D eigenvalue weighted by Gasteiger charge is 2.43. The molecule has 3 rings (SSSR count). The molecule has 0 bridgehead atoms. The molecule has 20 heavy (non-hydrogen) atoms. The van der Waals surface area contributed by atoms with Gasteiger partial charge in [0.05, 0.1) is 5.69 Å². The number of aryl methyl sites for hydroxylation is 2. The molecule has 0 aromatic carbocycles. The second kappa shape index (κ2) is 5.04. The summed E-state index contributed by atoms with van der Waals surface area (Å²) in [5.74, 6) is -0.0953. The van der Waals surface area contributed by atoms with E-state index in [4.69, 9.17) is 16.3 Å². The first kappa shape index (κ1) is 13.9. The monoisotopic (exact) mass is 297 g/mol. The van der Waals surface area contributed by atoms with E-state index in [1.165, 1.54) is 0 Å². The van der Waals surface area contributed by atoms with Crippen LogP contribution in [0.1, 0.15) is 43.5 Å². The number of nitrogens with zero attached hydrogens (tertiary/aromatic N) is 3. The van der Waals surface area contributed by atoms with Crippen molar-refractivity contribution in [2.75, 3.05) is 6.54 Å². The summed E-state index contributed by atoms with van der Waals surface area (Å²) in [5.41, 5.74) is 2.02. The van der Waals surface area contributed by atoms with Crippen LogP contribution in [0.4, 0.5) is 0 Å². The van der Waals surface area contributed by atoms with Gasteiger partial charge in [0, 0.05) is 25.1 Å². The van der Waals surface area contributed by atoms with Crippen LogP contribution in [0.15, 0.2) is 0 Å². The molecular weight excluding hydrogens is 278 g/mol. The van der Waals surface area contributed by atoms with E-state index < -0.39 is 0 Å². The number of aromatic nitrogens is 2. The van der Waals surface area contributed by atoms with Crippen molar-refractivity contribution in [1.29, 1.82) is 0 Å². The number of carbonyl (C=O) groups excluding carboxylic acids is 1. The fourth-order valence-corrected chi connectivity index (χ4v) is 3.80. The molecule has 2 saturated heterocycles. The van der Waals surface area contributed by atoms with Crippen molar-refractivity contribution in [1.82, 2.24) is 14.7 Å². The van der Waals surface area contributed by atoms with Crippen molar-refractivity contribution in [3.63, 3.8) is 0 Å². The van der Waals surface area contributed by atoms with E-state index in [9.17, 15) is 4.79 Å². The lowest BCUT2D eigenvalue weighted by Crippen LogP contribution is -2.38. The van der Waals surface area contributed by atoms with Gasteiger partial charge in [0.15, 0.2) is 0 Å². The smallest absolute Gasteiger partial charge is 0.323 e. The van der Waals surface area contributed by atoms with Crippen molar-refractivity contribution >= 4 is 17.6 Å². The summed E-state index contributed by atoms with van der Waals surface area (Å²) in [6, 6.07) is 0.0484. The average Bonchev–Trinajstić information content (AvgIpc) is 3.01. The molecular formula is C14H20ClN3O2. The van der Waals surface area contributed by atoms with E-state index in [1.807, 2.05) is 20.9 Å². The minimum atomic E-state index is -0.131. The Morgan fingerprint density at radius 1 is 1.40 bits per heavy atom. The largest absolute Gasteiger partial charge is 0.461 e. The van der Waals surface area contributed by atoms with Gasteiger partial charge in [0.2, 0.25) is 0 Å². The lowest BCUT2D eigenvalue weighted by Gasteiger charge is -2.28. The van der Waals surface area contributed by atoms with Gasteiger partial charge >= 0.3 is 5.97 Å². The van der Waals surface area contributed by atoms with Crippen LogP contribution in [0.2, 0.25) is 5.15 Å². The van der Waals surface area contributed by atoms with Crippen LogP contribution >= 0.6 is 11.6 Å². The standard InChI is InChI=1S/C14H20ClN3O2/c1-8-7-11(14(19)20-8)18-6-4-5-10(18)12-9(2)16-17(3)13(12)15/h8,10-11H,4-7H2,1-3H3/t8-,10-,11+/m0/s1. The maximum absolute atomic E-state index is 12.0. The van der Waals surface area contributed by atoms with Crippen molar-refractivity contribution < 1.29 is 9.53 Å². The second-order valence-corrected chi connectivity index (χ2v) is 6.17. The Hall–Kier alpha value is -1.07. The van der Waals surface area contributed by atoms with Crippen LogP contribution in [0.5, 0.6) is 0 Å². The van der Waals surface area contributed by atoms with Crippen molar-refractivity contribution in [3.05, 3.63) is 16.4 Å². The summed E-state index contributed by atoms with van der Waals surface area (Å²) < 4.78 is 7.01. The number of ether oxygens (including phenoxy) is 1. The summed E-state index contributed by atoms with van der Waals surface area (Å²) in [6.45, 7) is 4.85. The molecule has 0 saturated carbocycles. The summed E-state index contributed by atoms with van der Waals surface area (Å²) in [5, 5.41) is 5.07. The Balaban J connectivity index is 1.91. The zero-order valence-electron chi connectivity index (χ0n) is 12.1. The Bertz CT molecular complexity index is 543. The maximum atomic E-state index is 12.0. The molecule has 1 aromatic rings. The number of esters is 1. The highest BCUT2D eigenvalue weighted by molar-refractivity contribution is 6.30. The molecule has 0 spiro atoms. The lowest BCUT2D eigenvalue weighted by molar-refractivity contribution is -0.145. The fourth-order valence-electron chi connectivity index (χ4n) is 3.50. The van der Waals surface area contributed by atoms with Gasteiger partial charge in [-0.25, -0.2) is 0 Å². The van der Waals surface area contributed by atoms with E-state index in [-0.39, 0.29) is 24.2 Å². The molecule has 0 unspecified atom stereocenters. The van der Waals surface area contributed by atoms with Crippen molar-refractivity contribution in [2.24, 2.45) is 7.05 Å². The first-order valence-corrected chi connectivity index (χ1v) is 7.52. The zero-order chi connectivity index (χ0) is 14.4. The van der Waals surface area contributed by atoms with Crippen LogP contribution in [0.3, 0.4) is 0 Å². The molecule has 2 aliphatic rings. The molecule has 0 amide bonds. The molecule has 3 atom stereocenters. The van der Waals surface area contributed by atoms with Gasteiger partial charge < -0.3 is 4.74 Å². The van der Waals surface area contributed by atoms with Crippen LogP contribution in [-0.2, 0) is 16.6 Å². The summed E-state index contributed by atoms with van der Waals surface area (Å²) in [4.78, 5) is 14.3. The molecule has 0 N–H and O–H groups in total. The summed E-state index contributed by atoms with van der Waals surface area (Å²) in [6.07, 6.45) is 2.88. The van der Waals surface area contributed by atoms with E-state index in [0.29, 0.717) is 5.15 Å². The van der Waals surface area contributed by atoms with Gasteiger partial charge in [-0.3, -0.25) is 14.4 Å². The van der Waals surface area contributed by atoms with Gasteiger partial charge in [-0.1, -0.05) is 11.6 Å². The molecule has 5 nitrogen and oxygen atoms in total. The van der Waals surface area contributed by atoms with E-state index in [0.717, 1.165) is 37.1 Å². The average molecular weight is 298 g/mol. The minimum absolute atomic E-state index is 0.0132. The highest BCUT2D eigenvalue weighted by Crippen LogP contribution is 2.40. The number of hydrogen-bond donors (Lipinski definition) is 0. The predicted molar refractivity (Wildman–Crippen MR) is 75.6 cm³/mol. The Labute approximate surface area is 123 Å². The first-order chi connectivity index (χ1) is 9.49. The van der Waals surface area contributed by atoms with E-state index in [1.54, 1.807) is 4.68 Å². The number of likely N-dealkylation sites (tertiary alicyclic amines) is 1. The number of cyclic esters (lactones) is 1. The molecule has 2 fully saturated rings. The van der Waals surface area contributed by atoms with Crippen molar-refractivity contribution in [3.8, 4) is 0 Å². The summed E-state index contributed by atoms with van der Waals surface area (Å²) in [7, 11) is 1.85. The topological polar surface area (TPSA) is 47.4 Å². The number of hydrogen-bond acceptors (Lipinski definition) is 4. The molecule has 1 aromatic heterocycles. The third kappa shape index (κ3) is 2.13. The van der Waals surface area contributed by atoms with Gasteiger partial charge in [-0.05, 0) is 33.2 Å². The van der Waals surface area contributed by atoms with Crippen molar-refractivity contribution in [2.45, 2.75) is 51.3 Å². The maximum Gasteiger partial charge on any atom is 0.323 e. The SMILES string of the molecule is Cc1nn(C)c(Cl)c1[C@@H]1CCCN1[C@@H]1C[C@H](C)OC1=O. The highest BCUT2D eigenvalue weighted by atomic mass is 35.5. The second-order valence-electron chi connectivity index (χ2n) is 5.81. The molecule has 6 heteroatoms. The third-order valence-electron chi connectivity index (χ3n) is 4.37. The molecule has 0 radical (unpaired) electrons. The molecule has 0 aliphatic carbocycles. The predicted octanol–water partition coefficient (Wildman–Crippen LogP) is 2.22. The Morgan fingerprint density at radius 2 is 2.15 bits per heavy atom. The quantitative estimate of drug-likeness (QED) is 0.785. The molecule has 2 aliphatic heterocycles. The molecule has 3 heterocycles. The number of rotatable bonds is 2. The van der Waals surface area contributed by atoms with Crippen LogP contribution in [-0.4, -0.2) is 39.3 Å². The Kier molecular flexibility index (Phi) is 3.50. The zero-order valence-corrected chi connectivity index (χ0v) is 12.9. The van der Waals surface area contributed by atoms with Gasteiger partial charge in [-0.2, -0.15) is 5.10 Å². The number of halogens is 1. The first-order valence-electron chi connectivity index (χ1n) is 7.14.